The molecule has 3 rings (SSSR count). The van der Waals surface area contributed by atoms with Gasteiger partial charge in [-0.25, -0.2) is 0 Å². The quantitative estimate of drug-likeness (QED) is 0.814. The summed E-state index contributed by atoms with van der Waals surface area (Å²) in [6, 6.07) is 9.58. The predicted octanol–water partition coefficient (Wildman–Crippen LogP) is 2.78. The molecule has 0 fully saturated rings. The number of ether oxygens (including phenoxy) is 1. The molecule has 0 bridgehead atoms. The molecular weight excluding hydrogens is 214 g/mol. The van der Waals surface area contributed by atoms with Gasteiger partial charge in [-0.05, 0) is 36.6 Å². The minimum absolute atomic E-state index is 0.180. The van der Waals surface area contributed by atoms with E-state index in [0.29, 0.717) is 0 Å². The van der Waals surface area contributed by atoms with Crippen molar-refractivity contribution in [3.05, 3.63) is 42.1 Å². The van der Waals surface area contributed by atoms with Crippen molar-refractivity contribution >= 4 is 0 Å². The average Bonchev–Trinajstić information content (AvgIpc) is 2.39. The lowest BCUT2D eigenvalue weighted by Gasteiger charge is -2.19. The van der Waals surface area contributed by atoms with E-state index in [1.807, 2.05) is 18.2 Å². The molecule has 86 valence electrons. The molecule has 0 unspecified atom stereocenters. The highest BCUT2D eigenvalue weighted by Crippen LogP contribution is 2.35. The fourth-order valence-electron chi connectivity index (χ4n) is 2.14. The van der Waals surface area contributed by atoms with Crippen LogP contribution in [-0.2, 0) is 6.42 Å². The highest BCUT2D eigenvalue weighted by atomic mass is 16.5. The van der Waals surface area contributed by atoms with Crippen molar-refractivity contribution in [3.63, 3.8) is 0 Å². The van der Waals surface area contributed by atoms with Gasteiger partial charge in [-0.3, -0.25) is 4.98 Å². The van der Waals surface area contributed by atoms with Crippen LogP contribution in [0.15, 0.2) is 36.5 Å². The summed E-state index contributed by atoms with van der Waals surface area (Å²) >= 11 is 0. The third-order valence-corrected chi connectivity index (χ3v) is 2.96. The lowest BCUT2D eigenvalue weighted by Crippen LogP contribution is -2.09. The van der Waals surface area contributed by atoms with Gasteiger partial charge in [0.05, 0.1) is 18.5 Å². The molecule has 0 atom stereocenters. The van der Waals surface area contributed by atoms with Crippen LogP contribution in [0, 0.1) is 0 Å². The Bertz CT molecular complexity index is 534. The normalized spacial score (nSPS) is 13.9. The van der Waals surface area contributed by atoms with Gasteiger partial charge in [-0.1, -0.05) is 12.1 Å². The van der Waals surface area contributed by atoms with Gasteiger partial charge in [0.25, 0.3) is 0 Å². The number of aromatic hydroxyl groups is 1. The van der Waals surface area contributed by atoms with Crippen molar-refractivity contribution in [2.45, 2.75) is 12.8 Å². The zero-order chi connectivity index (χ0) is 11.7. The molecule has 3 heteroatoms. The number of pyridine rings is 1. The number of hydrogen-bond acceptors (Lipinski definition) is 3. The van der Waals surface area contributed by atoms with E-state index in [4.69, 9.17) is 4.74 Å². The smallest absolute Gasteiger partial charge is 0.133 e. The van der Waals surface area contributed by atoms with Crippen molar-refractivity contribution in [2.24, 2.45) is 0 Å². The zero-order valence-electron chi connectivity index (χ0n) is 9.39. The molecule has 3 nitrogen and oxygen atoms in total. The standard InChI is InChI=1S/C14H13NO2/c16-11-6-7-13(15-9-11)12-5-1-3-10-4-2-8-17-14(10)12/h1,3,5-7,9,16H,2,4,8H2. The highest BCUT2D eigenvalue weighted by molar-refractivity contribution is 5.69. The lowest BCUT2D eigenvalue weighted by atomic mass is 10.0. The van der Waals surface area contributed by atoms with Gasteiger partial charge in [0, 0.05) is 5.56 Å². The zero-order valence-corrected chi connectivity index (χ0v) is 9.39. The van der Waals surface area contributed by atoms with Crippen LogP contribution in [0.4, 0.5) is 0 Å². The first-order chi connectivity index (χ1) is 8.34. The van der Waals surface area contributed by atoms with E-state index in [9.17, 15) is 5.11 Å². The van der Waals surface area contributed by atoms with Gasteiger partial charge < -0.3 is 9.84 Å². The summed E-state index contributed by atoms with van der Waals surface area (Å²) in [4.78, 5) is 4.23. The largest absolute Gasteiger partial charge is 0.506 e. The first-order valence-electron chi connectivity index (χ1n) is 5.75. The second kappa shape index (κ2) is 4.09. The highest BCUT2D eigenvalue weighted by Gasteiger charge is 2.15. The second-order valence-electron chi connectivity index (χ2n) is 4.15. The molecule has 2 heterocycles. The Kier molecular flexibility index (Phi) is 2.44. The summed E-state index contributed by atoms with van der Waals surface area (Å²) in [6.07, 6.45) is 3.58. The van der Waals surface area contributed by atoms with Crippen LogP contribution in [0.25, 0.3) is 11.3 Å². The van der Waals surface area contributed by atoms with Crippen molar-refractivity contribution in [3.8, 4) is 22.8 Å². The molecule has 1 aliphatic heterocycles. The molecule has 1 aromatic heterocycles. The molecule has 17 heavy (non-hydrogen) atoms. The number of fused-ring (bicyclic) bond motifs is 1. The monoisotopic (exact) mass is 227 g/mol. The number of nitrogens with zero attached hydrogens (tertiary/aromatic N) is 1. The molecule has 0 saturated carbocycles. The molecule has 1 aliphatic rings. The SMILES string of the molecule is Oc1ccc(-c2cccc3c2OCCC3)nc1. The number of rotatable bonds is 1. The van der Waals surface area contributed by atoms with E-state index < -0.39 is 0 Å². The number of para-hydroxylation sites is 1. The van der Waals surface area contributed by atoms with Crippen LogP contribution in [0.5, 0.6) is 11.5 Å². The van der Waals surface area contributed by atoms with Crippen molar-refractivity contribution < 1.29 is 9.84 Å². The molecule has 0 radical (unpaired) electrons. The molecular formula is C14H13NO2. The predicted molar refractivity (Wildman–Crippen MR) is 65.2 cm³/mol. The van der Waals surface area contributed by atoms with Crippen LogP contribution >= 0.6 is 0 Å². The molecule has 0 amide bonds. The van der Waals surface area contributed by atoms with Gasteiger partial charge in [-0.2, -0.15) is 0 Å². The van der Waals surface area contributed by atoms with Crippen LogP contribution in [0.3, 0.4) is 0 Å². The summed E-state index contributed by atoms with van der Waals surface area (Å²) in [5, 5.41) is 9.25. The Morgan fingerprint density at radius 3 is 2.94 bits per heavy atom. The summed E-state index contributed by atoms with van der Waals surface area (Å²) in [6.45, 7) is 0.766. The molecule has 0 aliphatic carbocycles. The Morgan fingerprint density at radius 2 is 2.12 bits per heavy atom. The summed E-state index contributed by atoms with van der Waals surface area (Å²) in [7, 11) is 0. The summed E-state index contributed by atoms with van der Waals surface area (Å²) in [5.74, 6) is 1.12. The maximum absolute atomic E-state index is 9.25. The molecule has 1 aromatic carbocycles. The van der Waals surface area contributed by atoms with Gasteiger partial charge in [0.1, 0.15) is 11.5 Å². The number of benzene rings is 1. The molecule has 2 aromatic rings. The van der Waals surface area contributed by atoms with Gasteiger partial charge in [-0.15, -0.1) is 0 Å². The van der Waals surface area contributed by atoms with Crippen molar-refractivity contribution in [2.75, 3.05) is 6.61 Å². The Morgan fingerprint density at radius 1 is 1.18 bits per heavy atom. The maximum atomic E-state index is 9.25. The van der Waals surface area contributed by atoms with Crippen molar-refractivity contribution in [1.82, 2.24) is 4.98 Å². The van der Waals surface area contributed by atoms with Crippen LogP contribution in [0.1, 0.15) is 12.0 Å². The number of aromatic nitrogens is 1. The van der Waals surface area contributed by atoms with Gasteiger partial charge in [0.2, 0.25) is 0 Å². The first-order valence-corrected chi connectivity index (χ1v) is 5.75. The Labute approximate surface area is 99.7 Å². The lowest BCUT2D eigenvalue weighted by molar-refractivity contribution is 0.289. The fraction of sp³-hybridized carbons (Fsp3) is 0.214. The van der Waals surface area contributed by atoms with E-state index in [1.165, 1.54) is 11.8 Å². The van der Waals surface area contributed by atoms with E-state index in [0.717, 1.165) is 36.5 Å². The van der Waals surface area contributed by atoms with Crippen LogP contribution in [0.2, 0.25) is 0 Å². The van der Waals surface area contributed by atoms with Gasteiger partial charge >= 0.3 is 0 Å². The Hall–Kier alpha value is -2.03. The van der Waals surface area contributed by atoms with Crippen LogP contribution in [-0.4, -0.2) is 16.7 Å². The maximum Gasteiger partial charge on any atom is 0.133 e. The van der Waals surface area contributed by atoms with Crippen LogP contribution < -0.4 is 4.74 Å². The third-order valence-electron chi connectivity index (χ3n) is 2.96. The average molecular weight is 227 g/mol. The number of hydrogen-bond donors (Lipinski definition) is 1. The van der Waals surface area contributed by atoms with Crippen molar-refractivity contribution in [1.29, 1.82) is 0 Å². The molecule has 0 spiro atoms. The topological polar surface area (TPSA) is 42.4 Å². The summed E-state index contributed by atoms with van der Waals surface area (Å²) < 4.78 is 5.74. The fourth-order valence-corrected chi connectivity index (χ4v) is 2.14. The second-order valence-corrected chi connectivity index (χ2v) is 4.15. The minimum Gasteiger partial charge on any atom is -0.506 e. The summed E-state index contributed by atoms with van der Waals surface area (Å²) in [5.41, 5.74) is 3.08. The van der Waals surface area contributed by atoms with Gasteiger partial charge in [0.15, 0.2) is 0 Å². The first kappa shape index (κ1) is 10.1. The number of aryl methyl sites for hydroxylation is 1. The Balaban J connectivity index is 2.11. The third kappa shape index (κ3) is 1.84. The van der Waals surface area contributed by atoms with E-state index in [-0.39, 0.29) is 5.75 Å². The van der Waals surface area contributed by atoms with E-state index in [1.54, 1.807) is 6.07 Å². The molecule has 1 N–H and O–H groups in total. The minimum atomic E-state index is 0.180. The van der Waals surface area contributed by atoms with E-state index >= 15 is 0 Å². The molecule has 0 saturated heterocycles. The van der Waals surface area contributed by atoms with E-state index in [2.05, 4.69) is 11.1 Å².